The topological polar surface area (TPSA) is 0 Å². The molecule has 0 atom stereocenters. The standard InChI is InChI=1S/C3H6Si2/c1-4-2-5(1)3-4/h1-3H2. The van der Waals surface area contributed by atoms with Gasteiger partial charge in [-0.3, -0.25) is 0 Å². The average molecular weight is 98.3 g/mol. The molecule has 2 bridgehead atoms. The minimum Gasteiger partial charge on any atom is -0.0655 e. The number of hydrogen-bond acceptors (Lipinski definition) is 0. The fourth-order valence-electron chi connectivity index (χ4n) is 0.905. The van der Waals surface area contributed by atoms with Gasteiger partial charge in [0.25, 0.3) is 0 Å². The highest BCUT2D eigenvalue weighted by Gasteiger charge is 2.44. The third-order valence-corrected chi connectivity index (χ3v) is 13.5. The monoisotopic (exact) mass is 98.0 g/mol. The third kappa shape index (κ3) is 0.170. The summed E-state index contributed by atoms with van der Waals surface area (Å²) in [6.07, 6.45) is 0. The van der Waals surface area contributed by atoms with Crippen molar-refractivity contribution < 1.29 is 0 Å². The van der Waals surface area contributed by atoms with Crippen LogP contribution in [0.5, 0.6) is 0 Å². The summed E-state index contributed by atoms with van der Waals surface area (Å²) >= 11 is 0. The maximum Gasteiger partial charge on any atom is 0.0387 e. The zero-order chi connectivity index (χ0) is 3.28. The van der Waals surface area contributed by atoms with E-state index in [4.69, 9.17) is 0 Å². The number of hydrogen-bond donors (Lipinski definition) is 0. The molecule has 5 heavy (non-hydrogen) atoms. The minimum atomic E-state index is 0.495. The number of rotatable bonds is 0. The molecule has 3 saturated heterocycles. The molecule has 0 spiro atoms. The van der Waals surface area contributed by atoms with Crippen LogP contribution >= 0.6 is 0 Å². The molecule has 3 aliphatic rings. The van der Waals surface area contributed by atoms with Crippen LogP contribution in [0.2, 0.25) is 17.0 Å². The van der Waals surface area contributed by atoms with Gasteiger partial charge >= 0.3 is 0 Å². The van der Waals surface area contributed by atoms with Crippen molar-refractivity contribution in [3.63, 3.8) is 0 Å². The van der Waals surface area contributed by atoms with Gasteiger partial charge in [0, 0.05) is 17.6 Å². The molecule has 0 unspecified atom stereocenters. The summed E-state index contributed by atoms with van der Waals surface area (Å²) in [6.45, 7) is 0. The van der Waals surface area contributed by atoms with Crippen LogP contribution in [0.15, 0.2) is 0 Å². The summed E-state index contributed by atoms with van der Waals surface area (Å²) in [7, 11) is 0.991. The van der Waals surface area contributed by atoms with Crippen LogP contribution in [-0.4, -0.2) is 17.6 Å². The third-order valence-electron chi connectivity index (χ3n) is 1.50. The Hall–Kier alpha value is 0.434. The van der Waals surface area contributed by atoms with Crippen molar-refractivity contribution in [3.05, 3.63) is 0 Å². The fraction of sp³-hybridized carbons (Fsp3) is 1.00. The van der Waals surface area contributed by atoms with E-state index >= 15 is 0 Å². The second kappa shape index (κ2) is 0.587. The molecule has 0 aliphatic carbocycles. The maximum atomic E-state index is 1.79. The molecule has 0 aromatic carbocycles. The molecule has 0 nitrogen and oxygen atoms in total. The molecular formula is C3H6Si2. The van der Waals surface area contributed by atoms with Gasteiger partial charge in [-0.1, -0.05) is 17.0 Å². The lowest BCUT2D eigenvalue weighted by Crippen LogP contribution is -2.55. The highest BCUT2D eigenvalue weighted by molar-refractivity contribution is 7.11. The van der Waals surface area contributed by atoms with Crippen LogP contribution in [0.3, 0.4) is 0 Å². The molecule has 2 heteroatoms. The Morgan fingerprint density at radius 1 is 0.800 bits per heavy atom. The first-order valence-corrected chi connectivity index (χ1v) is 6.36. The molecule has 3 fully saturated rings. The first-order chi connectivity index (χ1) is 2.45. The van der Waals surface area contributed by atoms with Gasteiger partial charge in [-0.15, -0.1) is 0 Å². The molecule has 2 radical (unpaired) electrons. The maximum absolute atomic E-state index is 1.79. The predicted molar refractivity (Wildman–Crippen MR) is 25.9 cm³/mol. The molecule has 3 rings (SSSR count). The van der Waals surface area contributed by atoms with Crippen LogP contribution in [0, 0.1) is 0 Å². The van der Waals surface area contributed by atoms with E-state index in [9.17, 15) is 0 Å². The Bertz CT molecular complexity index is 41.6. The minimum absolute atomic E-state index is 0.495. The van der Waals surface area contributed by atoms with Gasteiger partial charge in [0.1, 0.15) is 0 Å². The quantitative estimate of drug-likeness (QED) is 0.390. The lowest BCUT2D eigenvalue weighted by molar-refractivity contribution is 1.34. The van der Waals surface area contributed by atoms with E-state index in [0.29, 0.717) is 17.6 Å². The van der Waals surface area contributed by atoms with Crippen LogP contribution in [0.1, 0.15) is 0 Å². The van der Waals surface area contributed by atoms with E-state index in [1.165, 1.54) is 0 Å². The normalized spacial score (nSPS) is 36.0. The zero-order valence-electron chi connectivity index (χ0n) is 3.12. The van der Waals surface area contributed by atoms with Crippen molar-refractivity contribution in [3.8, 4) is 0 Å². The highest BCUT2D eigenvalue weighted by atomic mass is 28.5. The Balaban J connectivity index is 2.19. The molecule has 0 saturated carbocycles. The lowest BCUT2D eigenvalue weighted by atomic mass is 11.6. The first kappa shape index (κ1) is 2.58. The Morgan fingerprint density at radius 3 is 1.00 bits per heavy atom. The van der Waals surface area contributed by atoms with Crippen molar-refractivity contribution in [2.75, 3.05) is 0 Å². The molecule has 3 heterocycles. The van der Waals surface area contributed by atoms with Gasteiger partial charge in [-0.25, -0.2) is 0 Å². The van der Waals surface area contributed by atoms with Gasteiger partial charge in [-0.2, -0.15) is 0 Å². The van der Waals surface area contributed by atoms with Crippen molar-refractivity contribution >= 4 is 17.6 Å². The zero-order valence-corrected chi connectivity index (χ0v) is 5.12. The van der Waals surface area contributed by atoms with Crippen molar-refractivity contribution in [2.24, 2.45) is 0 Å². The van der Waals surface area contributed by atoms with Crippen molar-refractivity contribution in [1.29, 1.82) is 0 Å². The van der Waals surface area contributed by atoms with Crippen LogP contribution in [0.4, 0.5) is 0 Å². The highest BCUT2D eigenvalue weighted by Crippen LogP contribution is 2.39. The van der Waals surface area contributed by atoms with Gasteiger partial charge in [0.05, 0.1) is 0 Å². The van der Waals surface area contributed by atoms with Gasteiger partial charge < -0.3 is 0 Å². The summed E-state index contributed by atoms with van der Waals surface area (Å²) in [5.41, 5.74) is 5.36. The SMILES string of the molecule is C1[Si]2C[Si]1C2. The molecule has 0 aromatic heterocycles. The van der Waals surface area contributed by atoms with E-state index in [2.05, 4.69) is 0 Å². The molecule has 0 aromatic rings. The molecule has 0 N–H and O–H groups in total. The summed E-state index contributed by atoms with van der Waals surface area (Å²) in [4.78, 5) is 0. The summed E-state index contributed by atoms with van der Waals surface area (Å²) in [5.74, 6) is 0. The van der Waals surface area contributed by atoms with E-state index < -0.39 is 0 Å². The Labute approximate surface area is 35.4 Å². The van der Waals surface area contributed by atoms with Crippen LogP contribution in [0.25, 0.3) is 0 Å². The molecule has 3 aliphatic heterocycles. The van der Waals surface area contributed by atoms with E-state index in [1.54, 1.807) is 17.0 Å². The summed E-state index contributed by atoms with van der Waals surface area (Å²) in [6, 6.07) is 0. The fourth-order valence-corrected chi connectivity index (χ4v) is 8.15. The van der Waals surface area contributed by atoms with Gasteiger partial charge in [0.2, 0.25) is 0 Å². The van der Waals surface area contributed by atoms with E-state index in [1.807, 2.05) is 0 Å². The Morgan fingerprint density at radius 2 is 1.00 bits per heavy atom. The second-order valence-electron chi connectivity index (χ2n) is 2.03. The average Bonchev–Trinajstić information content (AvgIpc) is 0.592. The summed E-state index contributed by atoms with van der Waals surface area (Å²) in [5, 5.41) is 0. The van der Waals surface area contributed by atoms with Crippen LogP contribution in [-0.2, 0) is 0 Å². The second-order valence-corrected chi connectivity index (χ2v) is 9.27. The van der Waals surface area contributed by atoms with Gasteiger partial charge in [-0.05, 0) is 0 Å². The van der Waals surface area contributed by atoms with E-state index in [-0.39, 0.29) is 0 Å². The van der Waals surface area contributed by atoms with Crippen molar-refractivity contribution in [2.45, 2.75) is 17.0 Å². The summed E-state index contributed by atoms with van der Waals surface area (Å²) < 4.78 is 0. The largest absolute Gasteiger partial charge is 0.0655 e. The lowest BCUT2D eigenvalue weighted by Gasteiger charge is -2.46. The van der Waals surface area contributed by atoms with E-state index in [0.717, 1.165) is 0 Å². The smallest absolute Gasteiger partial charge is 0.0387 e. The molecular weight excluding hydrogens is 92.2 g/mol. The predicted octanol–water partition coefficient (Wildman–Crippen LogP) is 0.621. The Kier molecular flexibility index (Phi) is 0.303. The molecule has 0 amide bonds. The van der Waals surface area contributed by atoms with Crippen molar-refractivity contribution in [1.82, 2.24) is 0 Å². The first-order valence-electron chi connectivity index (χ1n) is 2.12. The van der Waals surface area contributed by atoms with Crippen LogP contribution < -0.4 is 0 Å². The van der Waals surface area contributed by atoms with Gasteiger partial charge in [0.15, 0.2) is 0 Å². The molecule has 26 valence electrons.